The van der Waals surface area contributed by atoms with Gasteiger partial charge in [0.1, 0.15) is 0 Å². The molecule has 2 nitrogen and oxygen atoms in total. The summed E-state index contributed by atoms with van der Waals surface area (Å²) in [6.45, 7) is 5.49. The molecular weight excluding hydrogens is 186 g/mol. The highest BCUT2D eigenvalue weighted by Crippen LogP contribution is 2.32. The van der Waals surface area contributed by atoms with Crippen LogP contribution in [0.2, 0.25) is 0 Å². The Labute approximate surface area is 93.0 Å². The number of carbonyl (C=O) groups is 1. The fourth-order valence-corrected chi connectivity index (χ4v) is 3.13. The first-order valence-corrected chi connectivity index (χ1v) is 6.50. The standard InChI is InChI=1S/C13H23NO/c1-3-11-4-6-12(7-5-11)14-9-10(2)8-13(14)15/h10-12H,3-9H2,1-2H3/t10-,11?,12?/m1/s1. The van der Waals surface area contributed by atoms with Crippen LogP contribution in [-0.4, -0.2) is 23.4 Å². The van der Waals surface area contributed by atoms with Crippen molar-refractivity contribution in [2.24, 2.45) is 11.8 Å². The SMILES string of the molecule is CCC1CCC(N2C[C@H](C)CC2=O)CC1. The molecule has 2 fully saturated rings. The van der Waals surface area contributed by atoms with Gasteiger partial charge in [-0.25, -0.2) is 0 Å². The van der Waals surface area contributed by atoms with Crippen molar-refractivity contribution < 1.29 is 4.79 Å². The molecule has 1 aliphatic carbocycles. The number of hydrogen-bond donors (Lipinski definition) is 0. The van der Waals surface area contributed by atoms with E-state index in [0.29, 0.717) is 17.9 Å². The van der Waals surface area contributed by atoms with Crippen molar-refractivity contribution >= 4 is 5.91 Å². The second-order valence-electron chi connectivity index (χ2n) is 5.44. The fourth-order valence-electron chi connectivity index (χ4n) is 3.13. The number of rotatable bonds is 2. The molecule has 0 unspecified atom stereocenters. The van der Waals surface area contributed by atoms with Crippen LogP contribution in [0.3, 0.4) is 0 Å². The maximum absolute atomic E-state index is 11.8. The largest absolute Gasteiger partial charge is 0.339 e. The van der Waals surface area contributed by atoms with Crippen LogP contribution in [0, 0.1) is 11.8 Å². The van der Waals surface area contributed by atoms with Gasteiger partial charge in [0.25, 0.3) is 0 Å². The van der Waals surface area contributed by atoms with Gasteiger partial charge in [-0.1, -0.05) is 20.3 Å². The second-order valence-corrected chi connectivity index (χ2v) is 5.44. The van der Waals surface area contributed by atoms with E-state index in [2.05, 4.69) is 18.7 Å². The van der Waals surface area contributed by atoms with E-state index in [1.54, 1.807) is 0 Å². The molecule has 0 aromatic heterocycles. The molecule has 0 aromatic carbocycles. The van der Waals surface area contributed by atoms with Crippen molar-refractivity contribution in [1.29, 1.82) is 0 Å². The molecular formula is C13H23NO. The zero-order valence-corrected chi connectivity index (χ0v) is 10.0. The lowest BCUT2D eigenvalue weighted by Gasteiger charge is -2.34. The quantitative estimate of drug-likeness (QED) is 0.685. The van der Waals surface area contributed by atoms with Crippen LogP contribution in [0.5, 0.6) is 0 Å². The summed E-state index contributed by atoms with van der Waals surface area (Å²) in [6, 6.07) is 0.574. The van der Waals surface area contributed by atoms with Gasteiger partial charge in [0.15, 0.2) is 0 Å². The van der Waals surface area contributed by atoms with E-state index in [0.717, 1.165) is 18.9 Å². The summed E-state index contributed by atoms with van der Waals surface area (Å²) in [5.74, 6) is 1.92. The number of carbonyl (C=O) groups excluding carboxylic acids is 1. The first-order valence-electron chi connectivity index (χ1n) is 6.50. The molecule has 0 bridgehead atoms. The van der Waals surface area contributed by atoms with E-state index in [1.165, 1.54) is 32.1 Å². The third kappa shape index (κ3) is 2.35. The molecule has 15 heavy (non-hydrogen) atoms. The number of nitrogens with zero attached hydrogens (tertiary/aromatic N) is 1. The smallest absolute Gasteiger partial charge is 0.223 e. The van der Waals surface area contributed by atoms with Gasteiger partial charge in [-0.2, -0.15) is 0 Å². The number of hydrogen-bond acceptors (Lipinski definition) is 1. The Morgan fingerprint density at radius 1 is 1.27 bits per heavy atom. The first kappa shape index (κ1) is 11.0. The summed E-state index contributed by atoms with van der Waals surface area (Å²) in [5, 5.41) is 0. The topological polar surface area (TPSA) is 20.3 Å². The Bertz CT molecular complexity index is 231. The van der Waals surface area contributed by atoms with Crippen LogP contribution in [0.15, 0.2) is 0 Å². The van der Waals surface area contributed by atoms with Crippen molar-refractivity contribution in [2.45, 2.75) is 58.4 Å². The van der Waals surface area contributed by atoms with Crippen molar-refractivity contribution in [3.8, 4) is 0 Å². The van der Waals surface area contributed by atoms with E-state index in [9.17, 15) is 4.79 Å². The fraction of sp³-hybridized carbons (Fsp3) is 0.923. The van der Waals surface area contributed by atoms with Gasteiger partial charge in [0.05, 0.1) is 0 Å². The highest BCUT2D eigenvalue weighted by molar-refractivity contribution is 5.78. The van der Waals surface area contributed by atoms with E-state index in [4.69, 9.17) is 0 Å². The lowest BCUT2D eigenvalue weighted by Crippen LogP contribution is -2.39. The van der Waals surface area contributed by atoms with Crippen LogP contribution in [-0.2, 0) is 4.79 Å². The summed E-state index contributed by atoms with van der Waals surface area (Å²) in [5.41, 5.74) is 0. The average Bonchev–Trinajstić information content (AvgIpc) is 2.58. The molecule has 0 N–H and O–H groups in total. The van der Waals surface area contributed by atoms with Crippen LogP contribution < -0.4 is 0 Å². The molecule has 86 valence electrons. The van der Waals surface area contributed by atoms with Crippen molar-refractivity contribution in [3.63, 3.8) is 0 Å². The highest BCUT2D eigenvalue weighted by atomic mass is 16.2. The summed E-state index contributed by atoms with van der Waals surface area (Å²) in [7, 11) is 0. The van der Waals surface area contributed by atoms with Gasteiger partial charge < -0.3 is 4.90 Å². The van der Waals surface area contributed by atoms with Crippen molar-refractivity contribution in [1.82, 2.24) is 4.90 Å². The van der Waals surface area contributed by atoms with E-state index >= 15 is 0 Å². The monoisotopic (exact) mass is 209 g/mol. The Morgan fingerprint density at radius 2 is 1.93 bits per heavy atom. The Morgan fingerprint density at radius 3 is 2.40 bits per heavy atom. The van der Waals surface area contributed by atoms with Crippen LogP contribution in [0.25, 0.3) is 0 Å². The van der Waals surface area contributed by atoms with E-state index in [1.807, 2.05) is 0 Å². The second kappa shape index (κ2) is 4.54. The van der Waals surface area contributed by atoms with Crippen molar-refractivity contribution in [3.05, 3.63) is 0 Å². The zero-order chi connectivity index (χ0) is 10.8. The minimum Gasteiger partial charge on any atom is -0.339 e. The Kier molecular flexibility index (Phi) is 3.32. The van der Waals surface area contributed by atoms with Crippen molar-refractivity contribution in [2.75, 3.05) is 6.54 Å². The van der Waals surface area contributed by atoms with Gasteiger partial charge in [0.2, 0.25) is 5.91 Å². The van der Waals surface area contributed by atoms with Crippen LogP contribution >= 0.6 is 0 Å². The highest BCUT2D eigenvalue weighted by Gasteiger charge is 2.33. The van der Waals surface area contributed by atoms with Gasteiger partial charge in [0, 0.05) is 19.0 Å². The molecule has 2 heteroatoms. The first-order chi connectivity index (χ1) is 7.20. The normalized spacial score (nSPS) is 37.3. The van der Waals surface area contributed by atoms with Crippen LogP contribution in [0.4, 0.5) is 0 Å². The summed E-state index contributed by atoms with van der Waals surface area (Å²) < 4.78 is 0. The van der Waals surface area contributed by atoms with Gasteiger partial charge in [-0.15, -0.1) is 0 Å². The predicted molar refractivity (Wildman–Crippen MR) is 61.5 cm³/mol. The predicted octanol–water partition coefficient (Wildman–Crippen LogP) is 2.82. The number of amides is 1. The van der Waals surface area contributed by atoms with E-state index < -0.39 is 0 Å². The summed E-state index contributed by atoms with van der Waals surface area (Å²) in [6.07, 6.45) is 7.26. The molecule has 1 atom stereocenters. The van der Waals surface area contributed by atoms with Gasteiger partial charge in [-0.05, 0) is 37.5 Å². The maximum Gasteiger partial charge on any atom is 0.223 e. The zero-order valence-electron chi connectivity index (χ0n) is 10.0. The van der Waals surface area contributed by atoms with E-state index in [-0.39, 0.29) is 0 Å². The third-order valence-electron chi connectivity index (χ3n) is 4.19. The lowest BCUT2D eigenvalue weighted by molar-refractivity contribution is -0.130. The molecule has 2 rings (SSSR count). The maximum atomic E-state index is 11.8. The molecule has 2 aliphatic rings. The summed E-state index contributed by atoms with van der Waals surface area (Å²) in [4.78, 5) is 13.9. The summed E-state index contributed by atoms with van der Waals surface area (Å²) >= 11 is 0. The van der Waals surface area contributed by atoms with Crippen LogP contribution in [0.1, 0.15) is 52.4 Å². The van der Waals surface area contributed by atoms with Gasteiger partial charge in [-0.3, -0.25) is 4.79 Å². The van der Waals surface area contributed by atoms with Gasteiger partial charge >= 0.3 is 0 Å². The molecule has 0 aromatic rings. The lowest BCUT2D eigenvalue weighted by atomic mass is 9.84. The molecule has 0 radical (unpaired) electrons. The molecule has 0 spiro atoms. The molecule has 1 saturated heterocycles. The average molecular weight is 209 g/mol. The Hall–Kier alpha value is -0.530. The molecule has 1 aliphatic heterocycles. The number of likely N-dealkylation sites (tertiary alicyclic amines) is 1. The Balaban J connectivity index is 1.88. The molecule has 1 amide bonds. The molecule has 1 saturated carbocycles. The molecule has 1 heterocycles. The minimum atomic E-state index is 0.405. The third-order valence-corrected chi connectivity index (χ3v) is 4.19. The minimum absolute atomic E-state index is 0.405.